The van der Waals surface area contributed by atoms with Crippen LogP contribution >= 0.6 is 0 Å². The van der Waals surface area contributed by atoms with E-state index in [1.165, 1.54) is 6.07 Å². The summed E-state index contributed by atoms with van der Waals surface area (Å²) in [6, 6.07) is 2.30. The largest absolute Gasteiger partial charge is 0.465 e. The fourth-order valence-electron chi connectivity index (χ4n) is 1.93. The van der Waals surface area contributed by atoms with Gasteiger partial charge in [-0.25, -0.2) is 14.0 Å². The van der Waals surface area contributed by atoms with E-state index in [4.69, 9.17) is 10.5 Å². The molecule has 0 saturated carbocycles. The number of carbonyl (C=O) groups excluding carboxylic acids is 2. The van der Waals surface area contributed by atoms with Gasteiger partial charge in [-0.15, -0.1) is 0 Å². The number of nitrogen functional groups attached to an aromatic ring is 1. The maximum absolute atomic E-state index is 13.8. The van der Waals surface area contributed by atoms with Crippen molar-refractivity contribution in [1.29, 1.82) is 0 Å². The first kappa shape index (κ1) is 13.9. The molecular formula is C13H13FN2O4. The Labute approximate surface area is 113 Å². The molecule has 0 amide bonds. The first-order valence-corrected chi connectivity index (χ1v) is 5.85. The Kier molecular flexibility index (Phi) is 3.60. The number of nitrogens with two attached hydrogens (primary N) is 1. The fourth-order valence-corrected chi connectivity index (χ4v) is 1.93. The molecule has 0 unspecified atom stereocenters. The number of esters is 2. The van der Waals surface area contributed by atoms with Gasteiger partial charge in [0.25, 0.3) is 0 Å². The number of rotatable bonds is 3. The van der Waals surface area contributed by atoms with Crippen LogP contribution in [0.15, 0.2) is 12.1 Å². The highest BCUT2D eigenvalue weighted by Crippen LogP contribution is 2.28. The Morgan fingerprint density at radius 3 is 2.65 bits per heavy atom. The van der Waals surface area contributed by atoms with Crippen LogP contribution in [-0.2, 0) is 9.47 Å². The lowest BCUT2D eigenvalue weighted by Gasteiger charge is -2.03. The van der Waals surface area contributed by atoms with E-state index in [9.17, 15) is 14.0 Å². The topological polar surface area (TPSA) is 94.4 Å². The van der Waals surface area contributed by atoms with Crippen LogP contribution in [0.4, 0.5) is 10.2 Å². The van der Waals surface area contributed by atoms with E-state index >= 15 is 0 Å². The molecule has 1 heterocycles. The summed E-state index contributed by atoms with van der Waals surface area (Å²) >= 11 is 0. The molecule has 0 bridgehead atoms. The number of halogens is 1. The summed E-state index contributed by atoms with van der Waals surface area (Å²) in [5, 5.41) is 0.308. The van der Waals surface area contributed by atoms with E-state index < -0.39 is 17.8 Å². The van der Waals surface area contributed by atoms with Crippen molar-refractivity contribution in [2.45, 2.75) is 6.92 Å². The number of aromatic amines is 1. The molecule has 0 fully saturated rings. The zero-order valence-corrected chi connectivity index (χ0v) is 11.0. The van der Waals surface area contributed by atoms with Gasteiger partial charge in [-0.3, -0.25) is 0 Å². The molecule has 0 aliphatic rings. The average molecular weight is 280 g/mol. The normalized spacial score (nSPS) is 10.6. The number of fused-ring (bicyclic) bond motifs is 1. The maximum atomic E-state index is 13.8. The second-order valence-corrected chi connectivity index (χ2v) is 4.00. The molecule has 0 aliphatic carbocycles. The van der Waals surface area contributed by atoms with Gasteiger partial charge in [0.15, 0.2) is 0 Å². The predicted molar refractivity (Wildman–Crippen MR) is 70.0 cm³/mol. The highest BCUT2D eigenvalue weighted by atomic mass is 19.1. The minimum absolute atomic E-state index is 0.0554. The molecule has 6 nitrogen and oxygen atoms in total. The van der Waals surface area contributed by atoms with Crippen molar-refractivity contribution in [1.82, 2.24) is 4.98 Å². The molecule has 7 heteroatoms. The van der Waals surface area contributed by atoms with Gasteiger partial charge >= 0.3 is 11.9 Å². The molecule has 106 valence electrons. The van der Waals surface area contributed by atoms with E-state index in [0.717, 1.165) is 13.2 Å². The molecule has 3 N–H and O–H groups in total. The minimum atomic E-state index is -0.834. The molecule has 0 aliphatic heterocycles. The van der Waals surface area contributed by atoms with Crippen molar-refractivity contribution in [2.24, 2.45) is 0 Å². The summed E-state index contributed by atoms with van der Waals surface area (Å²) in [6.45, 7) is 1.83. The predicted octanol–water partition coefficient (Wildman–Crippen LogP) is 1.85. The number of hydrogen-bond acceptors (Lipinski definition) is 5. The van der Waals surface area contributed by atoms with Gasteiger partial charge in [-0.2, -0.15) is 0 Å². The number of methoxy groups -OCH3 is 1. The van der Waals surface area contributed by atoms with E-state index in [1.54, 1.807) is 6.92 Å². The summed E-state index contributed by atoms with van der Waals surface area (Å²) in [4.78, 5) is 26.0. The summed E-state index contributed by atoms with van der Waals surface area (Å²) in [6.07, 6.45) is 0. The smallest absolute Gasteiger partial charge is 0.342 e. The van der Waals surface area contributed by atoms with Gasteiger partial charge in [0.2, 0.25) is 0 Å². The third kappa shape index (κ3) is 2.18. The maximum Gasteiger partial charge on any atom is 0.342 e. The van der Waals surface area contributed by atoms with Crippen molar-refractivity contribution in [3.63, 3.8) is 0 Å². The Hall–Kier alpha value is -2.57. The van der Waals surface area contributed by atoms with Gasteiger partial charge in [0, 0.05) is 5.39 Å². The van der Waals surface area contributed by atoms with Crippen LogP contribution < -0.4 is 5.73 Å². The second kappa shape index (κ2) is 5.20. The summed E-state index contributed by atoms with van der Waals surface area (Å²) in [5.41, 5.74) is 5.80. The van der Waals surface area contributed by atoms with Crippen LogP contribution in [0.1, 0.15) is 27.6 Å². The third-order valence-electron chi connectivity index (χ3n) is 2.80. The number of nitrogens with one attached hydrogen (secondary N) is 1. The van der Waals surface area contributed by atoms with Crippen LogP contribution in [0.25, 0.3) is 10.9 Å². The number of benzene rings is 1. The van der Waals surface area contributed by atoms with Gasteiger partial charge in [-0.05, 0) is 19.1 Å². The molecule has 0 radical (unpaired) electrons. The van der Waals surface area contributed by atoms with Gasteiger partial charge < -0.3 is 20.2 Å². The van der Waals surface area contributed by atoms with E-state index in [0.29, 0.717) is 10.9 Å². The number of aromatic nitrogens is 1. The van der Waals surface area contributed by atoms with Gasteiger partial charge in [0.1, 0.15) is 17.2 Å². The SMILES string of the molecule is CCOC(=O)c1c(N)[nH]c2cc(F)c(C(=O)OC)cc12. The molecule has 1 aromatic carbocycles. The number of anilines is 1. The molecule has 2 aromatic rings. The Morgan fingerprint density at radius 2 is 2.05 bits per heavy atom. The third-order valence-corrected chi connectivity index (χ3v) is 2.80. The quantitative estimate of drug-likeness (QED) is 0.837. The lowest BCUT2D eigenvalue weighted by atomic mass is 10.1. The highest BCUT2D eigenvalue weighted by Gasteiger charge is 2.22. The summed E-state index contributed by atoms with van der Waals surface area (Å²) < 4.78 is 23.1. The van der Waals surface area contributed by atoms with Crippen LogP contribution in [-0.4, -0.2) is 30.6 Å². The first-order chi connectivity index (χ1) is 9.49. The van der Waals surface area contributed by atoms with Crippen LogP contribution in [0, 0.1) is 5.82 Å². The molecule has 20 heavy (non-hydrogen) atoms. The molecular weight excluding hydrogens is 267 g/mol. The number of carbonyl (C=O) groups is 2. The van der Waals surface area contributed by atoms with Crippen LogP contribution in [0.3, 0.4) is 0 Å². The van der Waals surface area contributed by atoms with E-state index in [2.05, 4.69) is 9.72 Å². The second-order valence-electron chi connectivity index (χ2n) is 4.00. The number of hydrogen-bond donors (Lipinski definition) is 2. The van der Waals surface area contributed by atoms with Crippen molar-refractivity contribution in [3.8, 4) is 0 Å². The first-order valence-electron chi connectivity index (χ1n) is 5.85. The molecule has 2 rings (SSSR count). The van der Waals surface area contributed by atoms with Crippen molar-refractivity contribution in [2.75, 3.05) is 19.5 Å². The van der Waals surface area contributed by atoms with Gasteiger partial charge in [-0.1, -0.05) is 0 Å². The van der Waals surface area contributed by atoms with E-state index in [1.807, 2.05) is 0 Å². The number of ether oxygens (including phenoxy) is 2. The lowest BCUT2D eigenvalue weighted by molar-refractivity contribution is 0.0528. The monoisotopic (exact) mass is 280 g/mol. The lowest BCUT2D eigenvalue weighted by Crippen LogP contribution is -2.08. The Bertz CT molecular complexity index is 693. The Morgan fingerprint density at radius 1 is 1.35 bits per heavy atom. The molecule has 0 saturated heterocycles. The number of H-pyrrole nitrogens is 1. The zero-order valence-electron chi connectivity index (χ0n) is 11.0. The van der Waals surface area contributed by atoms with Crippen molar-refractivity contribution >= 4 is 28.7 Å². The van der Waals surface area contributed by atoms with Crippen molar-refractivity contribution < 1.29 is 23.5 Å². The van der Waals surface area contributed by atoms with Crippen LogP contribution in [0.2, 0.25) is 0 Å². The fraction of sp³-hybridized carbons (Fsp3) is 0.231. The standard InChI is InChI=1S/C13H13FN2O4/c1-3-20-13(18)10-7-4-6(12(17)19-2)8(14)5-9(7)16-11(10)15/h4-5,16H,3,15H2,1-2H3. The van der Waals surface area contributed by atoms with Crippen molar-refractivity contribution in [3.05, 3.63) is 29.1 Å². The highest BCUT2D eigenvalue weighted by molar-refractivity contribution is 6.10. The summed E-state index contributed by atoms with van der Waals surface area (Å²) in [5.74, 6) is -2.18. The summed E-state index contributed by atoms with van der Waals surface area (Å²) in [7, 11) is 1.14. The average Bonchev–Trinajstić information content (AvgIpc) is 2.72. The molecule has 1 aromatic heterocycles. The molecule has 0 spiro atoms. The minimum Gasteiger partial charge on any atom is -0.465 e. The van der Waals surface area contributed by atoms with Crippen LogP contribution in [0.5, 0.6) is 0 Å². The Balaban J connectivity index is 2.67. The molecule has 0 atom stereocenters. The van der Waals surface area contributed by atoms with E-state index in [-0.39, 0.29) is 23.6 Å². The van der Waals surface area contributed by atoms with Gasteiger partial charge in [0.05, 0.1) is 24.8 Å². The zero-order chi connectivity index (χ0) is 14.9.